The Morgan fingerprint density at radius 2 is 1.52 bits per heavy atom. The van der Waals surface area contributed by atoms with Crippen molar-refractivity contribution in [3.8, 4) is 17.2 Å². The number of para-hydroxylation sites is 1. The van der Waals surface area contributed by atoms with Gasteiger partial charge in [0.2, 0.25) is 0 Å². The van der Waals surface area contributed by atoms with Gasteiger partial charge in [0.1, 0.15) is 23.1 Å². The number of methoxy groups -OCH3 is 3. The second-order valence-corrected chi connectivity index (χ2v) is 6.07. The fourth-order valence-electron chi connectivity index (χ4n) is 1.98. The van der Waals surface area contributed by atoms with Gasteiger partial charge in [0, 0.05) is 12.1 Å². The Kier molecular flexibility index (Phi) is 4.95. The van der Waals surface area contributed by atoms with Crippen molar-refractivity contribution in [1.29, 1.82) is 0 Å². The summed E-state index contributed by atoms with van der Waals surface area (Å²) in [6, 6.07) is 8.25. The third kappa shape index (κ3) is 3.48. The van der Waals surface area contributed by atoms with Crippen LogP contribution >= 0.6 is 0 Å². The molecular formula is C15H16FNO5S. The van der Waals surface area contributed by atoms with Gasteiger partial charge in [-0.15, -0.1) is 0 Å². The predicted molar refractivity (Wildman–Crippen MR) is 83.3 cm³/mol. The van der Waals surface area contributed by atoms with Crippen LogP contribution in [0, 0.1) is 5.82 Å². The molecule has 0 bridgehead atoms. The first-order valence-corrected chi connectivity index (χ1v) is 7.98. The largest absolute Gasteiger partial charge is 0.496 e. The molecular weight excluding hydrogens is 325 g/mol. The Labute approximate surface area is 133 Å². The normalized spacial score (nSPS) is 11.0. The number of rotatable bonds is 6. The van der Waals surface area contributed by atoms with Crippen molar-refractivity contribution in [1.82, 2.24) is 0 Å². The van der Waals surface area contributed by atoms with Crippen molar-refractivity contribution in [3.63, 3.8) is 0 Å². The summed E-state index contributed by atoms with van der Waals surface area (Å²) >= 11 is 0. The standard InChI is InChI=1S/C15H16FNO5S/c1-20-10-8-13(21-2)15(14(9-10)22-3)23(18,19)17-12-7-5-4-6-11(12)16/h4-9,17H,1-3H3. The van der Waals surface area contributed by atoms with Gasteiger partial charge in [-0.25, -0.2) is 12.8 Å². The van der Waals surface area contributed by atoms with Gasteiger partial charge in [-0.05, 0) is 12.1 Å². The molecule has 0 spiro atoms. The Morgan fingerprint density at radius 1 is 0.957 bits per heavy atom. The van der Waals surface area contributed by atoms with Crippen LogP contribution in [0.15, 0.2) is 41.3 Å². The second kappa shape index (κ2) is 6.74. The molecule has 0 aliphatic heterocycles. The molecule has 124 valence electrons. The summed E-state index contributed by atoms with van der Waals surface area (Å²) in [4.78, 5) is -0.244. The van der Waals surface area contributed by atoms with Crippen molar-refractivity contribution >= 4 is 15.7 Å². The highest BCUT2D eigenvalue weighted by molar-refractivity contribution is 7.93. The van der Waals surface area contributed by atoms with Gasteiger partial charge in [0.25, 0.3) is 10.0 Å². The molecule has 6 nitrogen and oxygen atoms in total. The van der Waals surface area contributed by atoms with E-state index in [4.69, 9.17) is 14.2 Å². The molecule has 0 unspecified atom stereocenters. The number of nitrogens with one attached hydrogen (secondary N) is 1. The van der Waals surface area contributed by atoms with E-state index in [1.54, 1.807) is 0 Å². The van der Waals surface area contributed by atoms with E-state index in [1.165, 1.54) is 51.7 Å². The summed E-state index contributed by atoms with van der Waals surface area (Å²) in [5, 5.41) is 0. The molecule has 2 aromatic rings. The molecule has 0 aromatic heterocycles. The van der Waals surface area contributed by atoms with E-state index in [1.807, 2.05) is 0 Å². The maximum atomic E-state index is 13.7. The lowest BCUT2D eigenvalue weighted by molar-refractivity contribution is 0.359. The van der Waals surface area contributed by atoms with Gasteiger partial charge in [0.15, 0.2) is 4.90 Å². The number of benzene rings is 2. The van der Waals surface area contributed by atoms with Crippen LogP contribution in [-0.2, 0) is 10.0 Å². The first-order chi connectivity index (χ1) is 10.9. The number of anilines is 1. The van der Waals surface area contributed by atoms with E-state index in [0.29, 0.717) is 5.75 Å². The molecule has 23 heavy (non-hydrogen) atoms. The highest BCUT2D eigenvalue weighted by Gasteiger charge is 2.27. The molecule has 0 aliphatic carbocycles. The van der Waals surface area contributed by atoms with Gasteiger partial charge in [-0.2, -0.15) is 0 Å². The zero-order valence-corrected chi connectivity index (χ0v) is 13.6. The Balaban J connectivity index is 2.57. The van der Waals surface area contributed by atoms with Crippen LogP contribution < -0.4 is 18.9 Å². The molecule has 2 aromatic carbocycles. The molecule has 1 N–H and O–H groups in total. The topological polar surface area (TPSA) is 73.9 Å². The minimum Gasteiger partial charge on any atom is -0.496 e. The first-order valence-electron chi connectivity index (χ1n) is 6.50. The smallest absolute Gasteiger partial charge is 0.269 e. The quantitative estimate of drug-likeness (QED) is 0.874. The average molecular weight is 341 g/mol. The molecule has 0 atom stereocenters. The lowest BCUT2D eigenvalue weighted by Crippen LogP contribution is -2.16. The minimum atomic E-state index is -4.14. The van der Waals surface area contributed by atoms with Crippen molar-refractivity contribution in [3.05, 3.63) is 42.2 Å². The number of halogens is 1. The third-order valence-electron chi connectivity index (χ3n) is 3.06. The van der Waals surface area contributed by atoms with Crippen molar-refractivity contribution in [2.75, 3.05) is 26.1 Å². The average Bonchev–Trinajstić information content (AvgIpc) is 2.55. The molecule has 0 heterocycles. The molecule has 8 heteroatoms. The van der Waals surface area contributed by atoms with Gasteiger partial charge >= 0.3 is 0 Å². The van der Waals surface area contributed by atoms with Crippen LogP contribution in [0.3, 0.4) is 0 Å². The van der Waals surface area contributed by atoms with E-state index in [2.05, 4.69) is 4.72 Å². The highest BCUT2D eigenvalue weighted by atomic mass is 32.2. The fraction of sp³-hybridized carbons (Fsp3) is 0.200. The lowest BCUT2D eigenvalue weighted by atomic mass is 10.3. The summed E-state index contributed by atoms with van der Waals surface area (Å²) in [5.74, 6) is -0.291. The minimum absolute atomic E-state index is 0.0186. The zero-order valence-electron chi connectivity index (χ0n) is 12.8. The van der Waals surface area contributed by atoms with Crippen LogP contribution in [0.2, 0.25) is 0 Å². The molecule has 0 saturated carbocycles. The van der Waals surface area contributed by atoms with Gasteiger partial charge in [-0.3, -0.25) is 4.72 Å². The van der Waals surface area contributed by atoms with Gasteiger partial charge < -0.3 is 14.2 Å². The van der Waals surface area contributed by atoms with Crippen LogP contribution in [0.4, 0.5) is 10.1 Å². The molecule has 0 saturated heterocycles. The number of ether oxygens (including phenoxy) is 3. The highest BCUT2D eigenvalue weighted by Crippen LogP contribution is 2.38. The summed E-state index contributed by atoms with van der Waals surface area (Å²) < 4.78 is 56.5. The second-order valence-electron chi connectivity index (χ2n) is 4.45. The summed E-state index contributed by atoms with van der Waals surface area (Å²) in [6.45, 7) is 0. The Morgan fingerprint density at radius 3 is 2.00 bits per heavy atom. The maximum Gasteiger partial charge on any atom is 0.269 e. The Bertz CT molecular complexity index is 782. The van der Waals surface area contributed by atoms with Gasteiger partial charge in [-0.1, -0.05) is 12.1 Å². The SMILES string of the molecule is COc1cc(OC)c(S(=O)(=O)Nc2ccccc2F)c(OC)c1. The van der Waals surface area contributed by atoms with E-state index in [9.17, 15) is 12.8 Å². The monoisotopic (exact) mass is 341 g/mol. The number of sulfonamides is 1. The molecule has 2 rings (SSSR count). The van der Waals surface area contributed by atoms with E-state index in [0.717, 1.165) is 6.07 Å². The molecule has 0 radical (unpaired) electrons. The maximum absolute atomic E-state index is 13.7. The van der Waals surface area contributed by atoms with Crippen LogP contribution in [0.25, 0.3) is 0 Å². The zero-order chi connectivity index (χ0) is 17.0. The summed E-state index contributed by atoms with van der Waals surface area (Å²) in [6.07, 6.45) is 0. The van der Waals surface area contributed by atoms with E-state index in [-0.39, 0.29) is 22.1 Å². The lowest BCUT2D eigenvalue weighted by Gasteiger charge is -2.16. The van der Waals surface area contributed by atoms with Crippen molar-refractivity contribution in [2.45, 2.75) is 4.90 Å². The van der Waals surface area contributed by atoms with Crippen LogP contribution in [-0.4, -0.2) is 29.7 Å². The van der Waals surface area contributed by atoms with E-state index >= 15 is 0 Å². The van der Waals surface area contributed by atoms with Crippen LogP contribution in [0.5, 0.6) is 17.2 Å². The van der Waals surface area contributed by atoms with E-state index < -0.39 is 15.8 Å². The van der Waals surface area contributed by atoms with Crippen LogP contribution in [0.1, 0.15) is 0 Å². The molecule has 0 amide bonds. The number of hydrogen-bond acceptors (Lipinski definition) is 5. The van der Waals surface area contributed by atoms with Gasteiger partial charge in [0.05, 0.1) is 27.0 Å². The fourth-order valence-corrected chi connectivity index (χ4v) is 3.35. The molecule has 0 aliphatic rings. The first kappa shape index (κ1) is 16.9. The number of hydrogen-bond donors (Lipinski definition) is 1. The predicted octanol–water partition coefficient (Wildman–Crippen LogP) is 2.65. The summed E-state index contributed by atoms with van der Waals surface area (Å²) in [5.41, 5.74) is -0.174. The third-order valence-corrected chi connectivity index (χ3v) is 4.49. The van der Waals surface area contributed by atoms with Crippen molar-refractivity contribution < 1.29 is 27.0 Å². The van der Waals surface area contributed by atoms with Crippen molar-refractivity contribution in [2.24, 2.45) is 0 Å². The summed E-state index contributed by atoms with van der Waals surface area (Å²) in [7, 11) is -0.0797. The Hall–Kier alpha value is -2.48. The molecule has 0 fully saturated rings.